The van der Waals surface area contributed by atoms with E-state index in [9.17, 15) is 22.8 Å². The molecule has 1 N–H and O–H groups in total. The van der Waals surface area contributed by atoms with Gasteiger partial charge in [0.1, 0.15) is 5.75 Å². The molecular formula is C19H21F3N4O4S2. The van der Waals surface area contributed by atoms with Crippen LogP contribution in [0.25, 0.3) is 0 Å². The predicted octanol–water partition coefficient (Wildman–Crippen LogP) is 4.07. The molecule has 13 heteroatoms. The van der Waals surface area contributed by atoms with Gasteiger partial charge in [0.15, 0.2) is 4.34 Å². The van der Waals surface area contributed by atoms with E-state index in [1.165, 1.54) is 47.4 Å². The first-order chi connectivity index (χ1) is 15.2. The van der Waals surface area contributed by atoms with Gasteiger partial charge in [-0.2, -0.15) is 0 Å². The van der Waals surface area contributed by atoms with Crippen molar-refractivity contribution in [1.82, 2.24) is 15.1 Å². The van der Waals surface area contributed by atoms with E-state index in [0.717, 1.165) is 6.42 Å². The highest BCUT2D eigenvalue weighted by Gasteiger charge is 2.31. The van der Waals surface area contributed by atoms with Crippen molar-refractivity contribution in [3.05, 3.63) is 24.3 Å². The number of nitrogens with one attached hydrogen (secondary N) is 1. The second-order valence-electron chi connectivity index (χ2n) is 6.79. The topological polar surface area (TPSA) is 93.7 Å². The quantitative estimate of drug-likeness (QED) is 0.437. The maximum Gasteiger partial charge on any atom is 0.573 e. The number of halogens is 3. The number of rotatable bonds is 8. The number of carbonyl (C=O) groups is 2. The lowest BCUT2D eigenvalue weighted by atomic mass is 9.98. The first-order valence-corrected chi connectivity index (χ1v) is 11.6. The van der Waals surface area contributed by atoms with Gasteiger partial charge in [0.25, 0.3) is 0 Å². The second-order valence-corrected chi connectivity index (χ2v) is 8.99. The van der Waals surface area contributed by atoms with Crippen LogP contribution in [0.1, 0.15) is 19.8 Å². The monoisotopic (exact) mass is 490 g/mol. The molecule has 1 atom stereocenters. The van der Waals surface area contributed by atoms with Crippen LogP contribution in [0.2, 0.25) is 0 Å². The van der Waals surface area contributed by atoms with Crippen molar-refractivity contribution < 1.29 is 32.2 Å². The lowest BCUT2D eigenvalue weighted by molar-refractivity contribution is -0.274. The zero-order valence-electron chi connectivity index (χ0n) is 17.1. The molecule has 2 heterocycles. The number of alkyl halides is 3. The van der Waals surface area contributed by atoms with E-state index in [0.29, 0.717) is 41.3 Å². The predicted molar refractivity (Wildman–Crippen MR) is 113 cm³/mol. The Labute approximate surface area is 190 Å². The van der Waals surface area contributed by atoms with Gasteiger partial charge in [0, 0.05) is 18.8 Å². The Morgan fingerprint density at radius 2 is 2.03 bits per heavy atom. The summed E-state index contributed by atoms with van der Waals surface area (Å²) in [5.41, 5.74) is 0.515. The van der Waals surface area contributed by atoms with Crippen LogP contribution < -0.4 is 10.1 Å². The third-order valence-corrected chi connectivity index (χ3v) is 6.42. The number of aromatic nitrogens is 2. The largest absolute Gasteiger partial charge is 0.573 e. The first-order valence-electron chi connectivity index (χ1n) is 9.77. The molecule has 0 spiro atoms. The molecule has 0 saturated carbocycles. The minimum Gasteiger partial charge on any atom is -0.466 e. The van der Waals surface area contributed by atoms with Crippen LogP contribution >= 0.6 is 23.1 Å². The van der Waals surface area contributed by atoms with Gasteiger partial charge >= 0.3 is 12.3 Å². The molecule has 1 aliphatic rings. The smallest absolute Gasteiger partial charge is 0.466 e. The number of esters is 1. The summed E-state index contributed by atoms with van der Waals surface area (Å²) >= 11 is 2.45. The van der Waals surface area contributed by atoms with Crippen LogP contribution in [-0.4, -0.2) is 58.8 Å². The molecule has 1 aromatic heterocycles. The lowest BCUT2D eigenvalue weighted by Gasteiger charge is -2.31. The van der Waals surface area contributed by atoms with Crippen molar-refractivity contribution in [3.63, 3.8) is 0 Å². The normalized spacial score (nSPS) is 16.5. The van der Waals surface area contributed by atoms with Crippen molar-refractivity contribution in [1.29, 1.82) is 0 Å². The van der Waals surface area contributed by atoms with Crippen molar-refractivity contribution in [2.45, 2.75) is 30.5 Å². The molecule has 2 aromatic rings. The highest BCUT2D eigenvalue weighted by Crippen LogP contribution is 2.30. The van der Waals surface area contributed by atoms with E-state index >= 15 is 0 Å². The van der Waals surface area contributed by atoms with Crippen molar-refractivity contribution in [2.75, 3.05) is 30.8 Å². The maximum atomic E-state index is 12.5. The third kappa shape index (κ3) is 7.26. The van der Waals surface area contributed by atoms with Gasteiger partial charge in [-0.3, -0.25) is 9.59 Å². The summed E-state index contributed by atoms with van der Waals surface area (Å²) in [6.45, 7) is 3.03. The summed E-state index contributed by atoms with van der Waals surface area (Å²) in [5.74, 6) is -0.807. The van der Waals surface area contributed by atoms with E-state index in [1.54, 1.807) is 11.8 Å². The Kier molecular flexibility index (Phi) is 8.18. The number of piperidine rings is 1. The minimum absolute atomic E-state index is 0.0889. The summed E-state index contributed by atoms with van der Waals surface area (Å²) in [6, 6.07) is 5.23. The second kappa shape index (κ2) is 10.9. The van der Waals surface area contributed by atoms with Crippen molar-refractivity contribution in [3.8, 4) is 5.75 Å². The number of amides is 1. The summed E-state index contributed by atoms with van der Waals surface area (Å²) in [6.07, 6.45) is -3.28. The molecule has 32 heavy (non-hydrogen) atoms. The fraction of sp³-hybridized carbons (Fsp3) is 0.474. The number of likely N-dealkylation sites (tertiary alicyclic amines) is 1. The van der Waals surface area contributed by atoms with Gasteiger partial charge < -0.3 is 19.7 Å². The fourth-order valence-corrected chi connectivity index (χ4v) is 4.73. The Balaban J connectivity index is 1.48. The van der Waals surface area contributed by atoms with Gasteiger partial charge in [0.05, 0.1) is 18.3 Å². The summed E-state index contributed by atoms with van der Waals surface area (Å²) in [5, 5.41) is 11.4. The third-order valence-electron chi connectivity index (χ3n) is 4.46. The van der Waals surface area contributed by atoms with E-state index in [4.69, 9.17) is 4.74 Å². The summed E-state index contributed by atoms with van der Waals surface area (Å²) in [7, 11) is 0. The van der Waals surface area contributed by atoms with E-state index < -0.39 is 6.36 Å². The van der Waals surface area contributed by atoms with Crippen molar-refractivity contribution in [2.24, 2.45) is 5.92 Å². The molecule has 174 valence electrons. The average molecular weight is 491 g/mol. The molecule has 1 aromatic carbocycles. The maximum absolute atomic E-state index is 12.5. The number of hydrogen-bond donors (Lipinski definition) is 1. The van der Waals surface area contributed by atoms with E-state index in [1.807, 2.05) is 0 Å². The van der Waals surface area contributed by atoms with Crippen LogP contribution in [0.5, 0.6) is 5.75 Å². The molecule has 1 amide bonds. The Morgan fingerprint density at radius 1 is 1.28 bits per heavy atom. The van der Waals surface area contributed by atoms with Gasteiger partial charge in [-0.15, -0.1) is 23.4 Å². The van der Waals surface area contributed by atoms with Crippen LogP contribution in [0.4, 0.5) is 24.0 Å². The Hall–Kier alpha value is -2.54. The number of thioether (sulfide) groups is 1. The van der Waals surface area contributed by atoms with Gasteiger partial charge in [-0.05, 0) is 44.0 Å². The zero-order valence-corrected chi connectivity index (χ0v) is 18.7. The van der Waals surface area contributed by atoms with Gasteiger partial charge in [0.2, 0.25) is 11.0 Å². The first kappa shape index (κ1) is 24.1. The van der Waals surface area contributed by atoms with Crippen molar-refractivity contribution >= 4 is 45.8 Å². The van der Waals surface area contributed by atoms with E-state index in [2.05, 4.69) is 20.3 Å². The highest BCUT2D eigenvalue weighted by molar-refractivity contribution is 8.01. The number of hydrogen-bond acceptors (Lipinski definition) is 9. The number of carbonyl (C=O) groups excluding carboxylic acids is 2. The van der Waals surface area contributed by atoms with Gasteiger partial charge in [-0.1, -0.05) is 23.1 Å². The minimum atomic E-state index is -4.74. The lowest BCUT2D eigenvalue weighted by Crippen LogP contribution is -2.43. The Morgan fingerprint density at radius 3 is 2.72 bits per heavy atom. The Bertz CT molecular complexity index is 924. The van der Waals surface area contributed by atoms with Crippen LogP contribution in [0.3, 0.4) is 0 Å². The molecule has 1 unspecified atom stereocenters. The number of nitrogens with zero attached hydrogens (tertiary/aromatic N) is 3. The van der Waals surface area contributed by atoms with E-state index in [-0.39, 0.29) is 29.3 Å². The summed E-state index contributed by atoms with van der Waals surface area (Å²) < 4.78 is 46.1. The number of benzene rings is 1. The fourth-order valence-electron chi connectivity index (χ4n) is 3.05. The molecule has 0 bridgehead atoms. The van der Waals surface area contributed by atoms with Crippen LogP contribution in [0.15, 0.2) is 28.6 Å². The standard InChI is InChI=1S/C19H21F3N4O4S2/c1-2-29-16(28)12-4-3-9-26(10-12)15(27)11-31-18-25-24-17(32-18)23-13-5-7-14(8-6-13)30-19(20,21)22/h5-8,12H,2-4,9-11H2,1H3,(H,23,24). The molecule has 0 radical (unpaired) electrons. The molecular weight excluding hydrogens is 469 g/mol. The molecule has 1 fully saturated rings. The number of anilines is 2. The molecule has 1 aliphatic heterocycles. The molecule has 0 aliphatic carbocycles. The number of ether oxygens (including phenoxy) is 2. The zero-order chi connectivity index (χ0) is 23.1. The van der Waals surface area contributed by atoms with Gasteiger partial charge in [-0.25, -0.2) is 0 Å². The van der Waals surface area contributed by atoms with Crippen LogP contribution in [-0.2, 0) is 14.3 Å². The molecule has 8 nitrogen and oxygen atoms in total. The SMILES string of the molecule is CCOC(=O)C1CCCN(C(=O)CSc2nnc(Nc3ccc(OC(F)(F)F)cc3)s2)C1. The average Bonchev–Trinajstić information content (AvgIpc) is 3.20. The molecule has 3 rings (SSSR count). The van der Waals surface area contributed by atoms with Crippen LogP contribution in [0, 0.1) is 5.92 Å². The molecule has 1 saturated heterocycles. The summed E-state index contributed by atoms with van der Waals surface area (Å²) in [4.78, 5) is 26.1. The highest BCUT2D eigenvalue weighted by atomic mass is 32.2.